The van der Waals surface area contributed by atoms with Crippen LogP contribution < -0.4 is 20.9 Å². The Morgan fingerprint density at radius 1 is 1.10 bits per heavy atom. The molecule has 4 rings (SSSR count). The summed E-state index contributed by atoms with van der Waals surface area (Å²) in [5, 5.41) is 10.2. The number of sulfonamides is 1. The number of hydrogen-bond acceptors (Lipinski definition) is 8. The van der Waals surface area contributed by atoms with E-state index in [1.807, 2.05) is 24.3 Å². The molecule has 10 nitrogen and oxygen atoms in total. The minimum absolute atomic E-state index is 0.0112. The molecule has 1 aromatic heterocycles. The van der Waals surface area contributed by atoms with Crippen molar-refractivity contribution in [3.05, 3.63) is 94.3 Å². The molecule has 3 aromatic carbocycles. The van der Waals surface area contributed by atoms with Crippen LogP contribution in [0.4, 0.5) is 0 Å². The minimum atomic E-state index is -3.79. The van der Waals surface area contributed by atoms with Gasteiger partial charge in [-0.05, 0) is 55.3 Å². The lowest BCUT2D eigenvalue weighted by Crippen LogP contribution is -2.26. The van der Waals surface area contributed by atoms with Gasteiger partial charge >= 0.3 is 0 Å². The van der Waals surface area contributed by atoms with Crippen molar-refractivity contribution in [1.29, 1.82) is 0 Å². The molecule has 0 fully saturated rings. The van der Waals surface area contributed by atoms with Crippen LogP contribution in [0.1, 0.15) is 18.1 Å². The third-order valence-electron chi connectivity index (χ3n) is 5.87. The molecule has 0 aliphatic carbocycles. The van der Waals surface area contributed by atoms with Crippen LogP contribution >= 0.6 is 11.8 Å². The number of hydrazone groups is 1. The monoisotopic (exact) mass is 565 g/mol. The van der Waals surface area contributed by atoms with Gasteiger partial charge in [0.25, 0.3) is 11.5 Å². The first-order valence-corrected chi connectivity index (χ1v) is 14.4. The summed E-state index contributed by atoms with van der Waals surface area (Å²) in [6.07, 6.45) is 0.439. The average Bonchev–Trinajstić information content (AvgIpc) is 2.94. The summed E-state index contributed by atoms with van der Waals surface area (Å²) < 4.78 is 29.8. The van der Waals surface area contributed by atoms with Gasteiger partial charge in [0.1, 0.15) is 5.75 Å². The average molecular weight is 566 g/mol. The molecule has 202 valence electrons. The number of amides is 1. The van der Waals surface area contributed by atoms with Crippen LogP contribution in [0.15, 0.2) is 92.7 Å². The summed E-state index contributed by atoms with van der Waals surface area (Å²) in [7, 11) is -2.21. The van der Waals surface area contributed by atoms with Gasteiger partial charge in [-0.2, -0.15) is 5.10 Å². The number of rotatable bonds is 10. The van der Waals surface area contributed by atoms with Crippen LogP contribution in [0.25, 0.3) is 10.9 Å². The number of nitrogens with two attached hydrogens (primary N) is 1. The van der Waals surface area contributed by atoms with Gasteiger partial charge in [0.2, 0.25) is 10.0 Å². The fourth-order valence-electron chi connectivity index (χ4n) is 3.76. The van der Waals surface area contributed by atoms with Crippen LogP contribution in [0.3, 0.4) is 0 Å². The van der Waals surface area contributed by atoms with E-state index in [0.717, 1.165) is 22.9 Å². The summed E-state index contributed by atoms with van der Waals surface area (Å²) in [5.74, 6) is 0.322. The maximum atomic E-state index is 13.3. The van der Waals surface area contributed by atoms with Gasteiger partial charge in [-0.15, -0.1) is 0 Å². The van der Waals surface area contributed by atoms with E-state index in [2.05, 4.69) is 15.5 Å². The van der Waals surface area contributed by atoms with E-state index in [1.54, 1.807) is 50.4 Å². The van der Waals surface area contributed by atoms with Crippen LogP contribution in [0.5, 0.6) is 5.75 Å². The van der Waals surface area contributed by atoms with Crippen LogP contribution in [-0.2, 0) is 27.8 Å². The normalized spacial score (nSPS) is 11.9. The van der Waals surface area contributed by atoms with Crippen molar-refractivity contribution in [3.63, 3.8) is 0 Å². The molecule has 3 N–H and O–H groups in total. The maximum Gasteiger partial charge on any atom is 0.262 e. The lowest BCUT2D eigenvalue weighted by atomic mass is 10.1. The number of aromatic nitrogens is 2. The number of para-hydroxylation sites is 1. The summed E-state index contributed by atoms with van der Waals surface area (Å²) in [5.41, 5.74) is 5.10. The zero-order chi connectivity index (χ0) is 28.0. The molecule has 0 spiro atoms. The van der Waals surface area contributed by atoms with Crippen LogP contribution in [0, 0.1) is 0 Å². The highest BCUT2D eigenvalue weighted by Gasteiger charge is 2.14. The van der Waals surface area contributed by atoms with E-state index in [1.165, 1.54) is 16.7 Å². The number of thioether (sulfide) groups is 1. The number of methoxy groups -OCH3 is 1. The Morgan fingerprint density at radius 2 is 1.85 bits per heavy atom. The highest BCUT2D eigenvalue weighted by atomic mass is 32.2. The largest absolute Gasteiger partial charge is 0.497 e. The molecule has 0 aliphatic heterocycles. The van der Waals surface area contributed by atoms with E-state index in [9.17, 15) is 18.0 Å². The number of primary sulfonamides is 1. The second-order valence-corrected chi connectivity index (χ2v) is 11.1. The van der Waals surface area contributed by atoms with Crippen molar-refractivity contribution in [3.8, 4) is 5.75 Å². The van der Waals surface area contributed by atoms with Crippen molar-refractivity contribution < 1.29 is 17.9 Å². The summed E-state index contributed by atoms with van der Waals surface area (Å²) in [4.78, 5) is 30.5. The fourth-order valence-corrected chi connectivity index (χ4v) is 5.10. The molecule has 0 atom stereocenters. The van der Waals surface area contributed by atoms with Gasteiger partial charge < -0.3 is 4.74 Å². The van der Waals surface area contributed by atoms with E-state index < -0.39 is 10.0 Å². The van der Waals surface area contributed by atoms with Gasteiger partial charge in [0, 0.05) is 12.1 Å². The molecule has 1 amide bonds. The van der Waals surface area contributed by atoms with Gasteiger partial charge in [-0.1, -0.05) is 48.2 Å². The summed E-state index contributed by atoms with van der Waals surface area (Å²) in [6, 6.07) is 20.5. The number of ether oxygens (including phenoxy) is 1. The lowest BCUT2D eigenvalue weighted by Gasteiger charge is -2.13. The molecule has 0 aliphatic rings. The van der Waals surface area contributed by atoms with Gasteiger partial charge in [-0.25, -0.2) is 24.0 Å². The van der Waals surface area contributed by atoms with E-state index in [0.29, 0.717) is 33.9 Å². The SMILES string of the molecule is COc1cccc(/C(C)=N/NC(=O)CSc2nc3ccccc3c(=O)n2CCc2ccc(S(N)(=O)=O)cc2)c1. The summed E-state index contributed by atoms with van der Waals surface area (Å²) in [6.45, 7) is 2.06. The number of aryl methyl sites for hydroxylation is 1. The third-order valence-corrected chi connectivity index (χ3v) is 7.78. The highest BCUT2D eigenvalue weighted by Crippen LogP contribution is 2.19. The molecule has 0 radical (unpaired) electrons. The van der Waals surface area contributed by atoms with Crippen molar-refractivity contribution in [2.24, 2.45) is 10.2 Å². The number of benzene rings is 3. The fraction of sp³-hybridized carbons (Fsp3) is 0.185. The quantitative estimate of drug-likeness (QED) is 0.130. The Kier molecular flexibility index (Phi) is 8.79. The van der Waals surface area contributed by atoms with Crippen molar-refractivity contribution in [2.75, 3.05) is 12.9 Å². The minimum Gasteiger partial charge on any atom is -0.497 e. The predicted octanol–water partition coefficient (Wildman–Crippen LogP) is 2.93. The zero-order valence-electron chi connectivity index (χ0n) is 21.3. The Labute approximate surface area is 230 Å². The molecule has 0 bridgehead atoms. The molecule has 0 saturated heterocycles. The molecule has 39 heavy (non-hydrogen) atoms. The standard InChI is InChI=1S/C27H27N5O5S2/c1-18(20-6-5-7-21(16-20)37-2)30-31-25(33)17-38-27-29-24-9-4-3-8-23(24)26(34)32(27)15-14-19-10-12-22(13-11-19)39(28,35)36/h3-13,16H,14-15,17H2,1-2H3,(H,31,33)(H2,28,35,36)/b30-18+. The maximum absolute atomic E-state index is 13.3. The smallest absolute Gasteiger partial charge is 0.262 e. The number of carbonyl (C=O) groups is 1. The second kappa shape index (κ2) is 12.2. The number of hydrogen-bond donors (Lipinski definition) is 2. The molecule has 12 heteroatoms. The van der Waals surface area contributed by atoms with E-state index in [-0.39, 0.29) is 28.7 Å². The number of carbonyl (C=O) groups excluding carboxylic acids is 1. The predicted molar refractivity (Wildman–Crippen MR) is 152 cm³/mol. The van der Waals surface area contributed by atoms with Crippen molar-refractivity contribution >= 4 is 44.3 Å². The van der Waals surface area contributed by atoms with Gasteiger partial charge in [0.05, 0.1) is 34.4 Å². The molecule has 0 unspecified atom stereocenters. The van der Waals surface area contributed by atoms with Gasteiger partial charge in [0.15, 0.2) is 5.16 Å². The van der Waals surface area contributed by atoms with E-state index >= 15 is 0 Å². The topological polar surface area (TPSA) is 146 Å². The molecule has 1 heterocycles. The second-order valence-electron chi connectivity index (χ2n) is 8.56. The zero-order valence-corrected chi connectivity index (χ0v) is 23.0. The first kappa shape index (κ1) is 28.0. The van der Waals surface area contributed by atoms with Gasteiger partial charge in [-0.3, -0.25) is 14.2 Å². The lowest BCUT2D eigenvalue weighted by molar-refractivity contribution is -0.118. The van der Waals surface area contributed by atoms with E-state index in [4.69, 9.17) is 9.88 Å². The summed E-state index contributed by atoms with van der Waals surface area (Å²) >= 11 is 1.13. The first-order chi connectivity index (χ1) is 18.7. The molecular formula is C27H27N5O5S2. The van der Waals surface area contributed by atoms with Crippen LogP contribution in [0.2, 0.25) is 0 Å². The molecule has 4 aromatic rings. The van der Waals surface area contributed by atoms with Crippen molar-refractivity contribution in [1.82, 2.24) is 15.0 Å². The molecule has 0 saturated carbocycles. The number of nitrogens with one attached hydrogen (secondary N) is 1. The number of fused-ring (bicyclic) bond motifs is 1. The number of nitrogens with zero attached hydrogens (tertiary/aromatic N) is 3. The Morgan fingerprint density at radius 3 is 2.56 bits per heavy atom. The highest BCUT2D eigenvalue weighted by molar-refractivity contribution is 7.99. The molecular weight excluding hydrogens is 538 g/mol. The van der Waals surface area contributed by atoms with Crippen LogP contribution in [-0.4, -0.2) is 42.5 Å². The third kappa shape index (κ3) is 7.11. The Balaban J connectivity index is 1.50. The Bertz CT molecular complexity index is 1700. The first-order valence-electron chi connectivity index (χ1n) is 11.9. The Hall–Kier alpha value is -4.00. The van der Waals surface area contributed by atoms with Crippen molar-refractivity contribution in [2.45, 2.75) is 29.9 Å².